The van der Waals surface area contributed by atoms with Crippen LogP contribution in [0.4, 0.5) is 0 Å². The SMILES string of the molecule is Cc1nc(C)c(C#N)c(SC(C)c2ncc(C)o2)n1. The van der Waals surface area contributed by atoms with E-state index in [1.807, 2.05) is 27.7 Å². The first kappa shape index (κ1) is 13.6. The maximum Gasteiger partial charge on any atom is 0.207 e. The van der Waals surface area contributed by atoms with Gasteiger partial charge < -0.3 is 4.42 Å². The minimum atomic E-state index is -0.00509. The molecule has 1 unspecified atom stereocenters. The number of nitrogens with zero attached hydrogens (tertiary/aromatic N) is 4. The third-order valence-corrected chi connectivity index (χ3v) is 3.63. The lowest BCUT2D eigenvalue weighted by atomic mass is 10.3. The number of hydrogen-bond donors (Lipinski definition) is 0. The van der Waals surface area contributed by atoms with Gasteiger partial charge in [0.15, 0.2) is 0 Å². The largest absolute Gasteiger partial charge is 0.445 e. The van der Waals surface area contributed by atoms with E-state index < -0.39 is 0 Å². The number of oxazole rings is 1. The van der Waals surface area contributed by atoms with E-state index in [1.165, 1.54) is 11.8 Å². The molecule has 19 heavy (non-hydrogen) atoms. The van der Waals surface area contributed by atoms with Crippen molar-refractivity contribution in [3.05, 3.63) is 34.9 Å². The zero-order valence-electron chi connectivity index (χ0n) is 11.3. The van der Waals surface area contributed by atoms with Gasteiger partial charge in [-0.1, -0.05) is 11.8 Å². The molecular weight excluding hydrogens is 260 g/mol. The highest BCUT2D eigenvalue weighted by Crippen LogP contribution is 2.35. The summed E-state index contributed by atoms with van der Waals surface area (Å²) in [5.41, 5.74) is 1.22. The highest BCUT2D eigenvalue weighted by atomic mass is 32.2. The molecule has 6 heteroatoms. The molecule has 0 aliphatic carbocycles. The van der Waals surface area contributed by atoms with E-state index >= 15 is 0 Å². The predicted molar refractivity (Wildman–Crippen MR) is 71.7 cm³/mol. The lowest BCUT2D eigenvalue weighted by Crippen LogP contribution is -2.00. The Labute approximate surface area is 116 Å². The molecule has 2 heterocycles. The van der Waals surface area contributed by atoms with Gasteiger partial charge in [-0.2, -0.15) is 5.26 Å². The third kappa shape index (κ3) is 2.93. The first-order valence-electron chi connectivity index (χ1n) is 5.85. The molecule has 0 spiro atoms. The Bertz CT molecular complexity index is 645. The van der Waals surface area contributed by atoms with Gasteiger partial charge in [-0.05, 0) is 27.7 Å². The van der Waals surface area contributed by atoms with Crippen molar-refractivity contribution in [3.63, 3.8) is 0 Å². The lowest BCUT2D eigenvalue weighted by molar-refractivity contribution is 0.474. The van der Waals surface area contributed by atoms with Crippen molar-refractivity contribution in [1.29, 1.82) is 5.26 Å². The summed E-state index contributed by atoms with van der Waals surface area (Å²) in [5, 5.41) is 9.87. The summed E-state index contributed by atoms with van der Waals surface area (Å²) < 4.78 is 5.49. The zero-order valence-corrected chi connectivity index (χ0v) is 12.1. The van der Waals surface area contributed by atoms with Crippen LogP contribution >= 0.6 is 11.8 Å². The van der Waals surface area contributed by atoms with E-state index in [0.717, 1.165) is 5.76 Å². The minimum absolute atomic E-state index is 0.00509. The standard InChI is InChI=1S/C13H14N4OS/c1-7-6-15-12(18-7)9(3)19-13-11(5-14)8(2)16-10(4)17-13/h6,9H,1-4H3. The van der Waals surface area contributed by atoms with Crippen LogP contribution in [0.15, 0.2) is 15.6 Å². The molecular formula is C13H14N4OS. The first-order chi connectivity index (χ1) is 9.01. The average Bonchev–Trinajstić information content (AvgIpc) is 2.75. The molecule has 98 valence electrons. The molecule has 0 aromatic carbocycles. The van der Waals surface area contributed by atoms with Crippen molar-refractivity contribution in [2.75, 3.05) is 0 Å². The van der Waals surface area contributed by atoms with E-state index in [2.05, 4.69) is 21.0 Å². The summed E-state index contributed by atoms with van der Waals surface area (Å²) >= 11 is 1.46. The first-order valence-corrected chi connectivity index (χ1v) is 6.73. The normalized spacial score (nSPS) is 12.2. The van der Waals surface area contributed by atoms with Crippen LogP contribution in [0.2, 0.25) is 0 Å². The van der Waals surface area contributed by atoms with E-state index in [9.17, 15) is 5.26 Å². The molecule has 2 aromatic heterocycles. The smallest absolute Gasteiger partial charge is 0.207 e. The Balaban J connectivity index is 2.31. The van der Waals surface area contributed by atoms with Crippen LogP contribution < -0.4 is 0 Å². The van der Waals surface area contributed by atoms with Crippen molar-refractivity contribution >= 4 is 11.8 Å². The fourth-order valence-electron chi connectivity index (χ4n) is 1.67. The van der Waals surface area contributed by atoms with Crippen LogP contribution in [0, 0.1) is 32.1 Å². The maximum absolute atomic E-state index is 9.20. The summed E-state index contributed by atoms with van der Waals surface area (Å²) in [7, 11) is 0. The second-order valence-electron chi connectivity index (χ2n) is 4.22. The van der Waals surface area contributed by atoms with E-state index in [4.69, 9.17) is 4.42 Å². The monoisotopic (exact) mass is 274 g/mol. The molecule has 5 nitrogen and oxygen atoms in total. The Hall–Kier alpha value is -1.87. The highest BCUT2D eigenvalue weighted by Gasteiger charge is 2.18. The van der Waals surface area contributed by atoms with Crippen LogP contribution in [-0.2, 0) is 0 Å². The third-order valence-electron chi connectivity index (χ3n) is 2.56. The quantitative estimate of drug-likeness (QED) is 0.632. The Morgan fingerprint density at radius 2 is 2.05 bits per heavy atom. The molecule has 0 bridgehead atoms. The van der Waals surface area contributed by atoms with E-state index in [0.29, 0.717) is 28.0 Å². The summed E-state index contributed by atoms with van der Waals surface area (Å²) in [5.74, 6) is 2.08. The van der Waals surface area contributed by atoms with Gasteiger partial charge in [-0.3, -0.25) is 0 Å². The van der Waals surface area contributed by atoms with Crippen molar-refractivity contribution < 1.29 is 4.42 Å². The lowest BCUT2D eigenvalue weighted by Gasteiger charge is -2.09. The molecule has 0 N–H and O–H groups in total. The number of aryl methyl sites for hydroxylation is 3. The Kier molecular flexibility index (Phi) is 3.86. The fraction of sp³-hybridized carbons (Fsp3) is 0.385. The number of aromatic nitrogens is 3. The van der Waals surface area contributed by atoms with Gasteiger partial charge in [-0.25, -0.2) is 15.0 Å². The van der Waals surface area contributed by atoms with Gasteiger partial charge >= 0.3 is 0 Å². The molecule has 0 radical (unpaired) electrons. The molecule has 2 aromatic rings. The number of thioether (sulfide) groups is 1. The molecule has 0 saturated carbocycles. The molecule has 0 aliphatic heterocycles. The minimum Gasteiger partial charge on any atom is -0.445 e. The van der Waals surface area contributed by atoms with E-state index in [-0.39, 0.29) is 5.25 Å². The van der Waals surface area contributed by atoms with Crippen molar-refractivity contribution in [2.45, 2.75) is 38.0 Å². The van der Waals surface area contributed by atoms with Crippen LogP contribution in [0.1, 0.15) is 40.9 Å². The van der Waals surface area contributed by atoms with E-state index in [1.54, 1.807) is 6.20 Å². The van der Waals surface area contributed by atoms with Crippen molar-refractivity contribution in [3.8, 4) is 6.07 Å². The van der Waals surface area contributed by atoms with Crippen molar-refractivity contribution in [1.82, 2.24) is 15.0 Å². The predicted octanol–water partition coefficient (Wildman–Crippen LogP) is 3.11. The van der Waals surface area contributed by atoms with Crippen LogP contribution in [0.3, 0.4) is 0 Å². The highest BCUT2D eigenvalue weighted by molar-refractivity contribution is 7.99. The van der Waals surface area contributed by atoms with Gasteiger partial charge in [0, 0.05) is 0 Å². The number of rotatable bonds is 3. The number of nitriles is 1. The molecule has 0 amide bonds. The van der Waals surface area contributed by atoms with Crippen LogP contribution in [-0.4, -0.2) is 15.0 Å². The van der Waals surface area contributed by atoms with Crippen molar-refractivity contribution in [2.24, 2.45) is 0 Å². The van der Waals surface area contributed by atoms with Crippen LogP contribution in [0.5, 0.6) is 0 Å². The number of hydrogen-bond acceptors (Lipinski definition) is 6. The second kappa shape index (κ2) is 5.41. The molecule has 1 atom stereocenters. The van der Waals surface area contributed by atoms with Gasteiger partial charge in [0.2, 0.25) is 5.89 Å². The Morgan fingerprint density at radius 1 is 1.32 bits per heavy atom. The summed E-state index contributed by atoms with van der Waals surface area (Å²) in [4.78, 5) is 12.7. The maximum atomic E-state index is 9.20. The average molecular weight is 274 g/mol. The summed E-state index contributed by atoms with van der Waals surface area (Å²) in [6, 6.07) is 2.16. The topological polar surface area (TPSA) is 75.6 Å². The molecule has 0 aliphatic rings. The molecule has 2 rings (SSSR count). The summed E-state index contributed by atoms with van der Waals surface area (Å²) in [6.45, 7) is 7.47. The van der Waals surface area contributed by atoms with Gasteiger partial charge in [-0.15, -0.1) is 0 Å². The Morgan fingerprint density at radius 3 is 2.63 bits per heavy atom. The molecule has 0 fully saturated rings. The fourth-order valence-corrected chi connectivity index (χ4v) is 2.71. The summed E-state index contributed by atoms with van der Waals surface area (Å²) in [6.07, 6.45) is 1.69. The van der Waals surface area contributed by atoms with Gasteiger partial charge in [0.05, 0.1) is 17.1 Å². The van der Waals surface area contributed by atoms with Crippen LogP contribution in [0.25, 0.3) is 0 Å². The zero-order chi connectivity index (χ0) is 14.0. The molecule has 0 saturated heterocycles. The second-order valence-corrected chi connectivity index (χ2v) is 5.55. The van der Waals surface area contributed by atoms with Gasteiger partial charge in [0.25, 0.3) is 0 Å². The van der Waals surface area contributed by atoms with Gasteiger partial charge in [0.1, 0.15) is 28.2 Å².